The van der Waals surface area contributed by atoms with E-state index < -0.39 is 42.0 Å². The highest BCUT2D eigenvalue weighted by atomic mass is 16.6. The highest BCUT2D eigenvalue weighted by molar-refractivity contribution is 6.01. The van der Waals surface area contributed by atoms with Crippen LogP contribution < -0.4 is 5.32 Å². The molecule has 1 N–H and O–H groups in total. The first-order chi connectivity index (χ1) is 16.5. The second-order valence-electron chi connectivity index (χ2n) is 8.09. The van der Waals surface area contributed by atoms with Gasteiger partial charge < -0.3 is 24.3 Å². The van der Waals surface area contributed by atoms with E-state index in [0.29, 0.717) is 17.0 Å². The lowest BCUT2D eigenvalue weighted by Gasteiger charge is -2.32. The lowest BCUT2D eigenvalue weighted by Crippen LogP contribution is -2.36. The number of hydrogen-bond donors (Lipinski definition) is 1. The Morgan fingerprint density at radius 1 is 0.800 bits per heavy atom. The summed E-state index contributed by atoms with van der Waals surface area (Å²) in [6, 6.07) is 7.30. The minimum absolute atomic E-state index is 0.145. The summed E-state index contributed by atoms with van der Waals surface area (Å²) in [5.74, 6) is -3.77. The zero-order valence-corrected chi connectivity index (χ0v) is 21.2. The third kappa shape index (κ3) is 6.49. The molecule has 2 atom stereocenters. The summed E-state index contributed by atoms with van der Waals surface area (Å²) < 4.78 is 20.7. The molecule has 0 unspecified atom stereocenters. The number of aryl methyl sites for hydroxylation is 1. The van der Waals surface area contributed by atoms with Crippen molar-refractivity contribution in [3.05, 3.63) is 57.9 Å². The molecule has 0 bridgehead atoms. The number of ether oxygens (including phenoxy) is 4. The van der Waals surface area contributed by atoms with Crippen LogP contribution in [-0.4, -0.2) is 49.3 Å². The van der Waals surface area contributed by atoms with Crippen molar-refractivity contribution in [2.45, 2.75) is 66.6 Å². The zero-order valence-electron chi connectivity index (χ0n) is 21.2. The SMILES string of the molecule is CCOC(=O)[C@H](C)OC(=O)C1=C(C)NC(C)=C(C(=O)O[C@@H](C)C(=O)OCC)C1c1ccccc1C. The van der Waals surface area contributed by atoms with Crippen LogP contribution in [0.5, 0.6) is 0 Å². The van der Waals surface area contributed by atoms with Gasteiger partial charge in [0, 0.05) is 11.4 Å². The van der Waals surface area contributed by atoms with Crippen molar-refractivity contribution in [1.82, 2.24) is 5.32 Å². The Morgan fingerprint density at radius 2 is 1.23 bits per heavy atom. The molecule has 0 saturated heterocycles. The van der Waals surface area contributed by atoms with E-state index in [-0.39, 0.29) is 24.4 Å². The topological polar surface area (TPSA) is 117 Å². The lowest BCUT2D eigenvalue weighted by molar-refractivity contribution is -0.164. The van der Waals surface area contributed by atoms with E-state index >= 15 is 0 Å². The maximum absolute atomic E-state index is 13.3. The van der Waals surface area contributed by atoms with Gasteiger partial charge in [0.2, 0.25) is 0 Å². The normalized spacial score (nSPS) is 15.6. The largest absolute Gasteiger partial charge is 0.463 e. The van der Waals surface area contributed by atoms with Gasteiger partial charge in [-0.05, 0) is 59.6 Å². The molecule has 9 nitrogen and oxygen atoms in total. The molecule has 2 rings (SSSR count). The number of allylic oxidation sites excluding steroid dienone is 2. The van der Waals surface area contributed by atoms with E-state index in [1.807, 2.05) is 19.1 Å². The second-order valence-corrected chi connectivity index (χ2v) is 8.09. The Morgan fingerprint density at radius 3 is 1.63 bits per heavy atom. The first kappa shape index (κ1) is 27.6. The molecule has 1 aliphatic heterocycles. The lowest BCUT2D eigenvalue weighted by atomic mass is 9.79. The summed E-state index contributed by atoms with van der Waals surface area (Å²) >= 11 is 0. The van der Waals surface area contributed by atoms with Crippen LogP contribution in [0.4, 0.5) is 0 Å². The van der Waals surface area contributed by atoms with E-state index in [4.69, 9.17) is 18.9 Å². The third-order valence-corrected chi connectivity index (χ3v) is 5.50. The molecule has 0 spiro atoms. The van der Waals surface area contributed by atoms with Gasteiger partial charge in [0.1, 0.15) is 0 Å². The molecular formula is C26H33NO8. The highest BCUT2D eigenvalue weighted by Crippen LogP contribution is 2.40. The van der Waals surface area contributed by atoms with E-state index in [9.17, 15) is 19.2 Å². The van der Waals surface area contributed by atoms with Crippen LogP contribution in [0.15, 0.2) is 46.8 Å². The van der Waals surface area contributed by atoms with Gasteiger partial charge in [-0.15, -0.1) is 0 Å². The number of rotatable bonds is 9. The number of esters is 4. The van der Waals surface area contributed by atoms with Crippen molar-refractivity contribution < 1.29 is 38.1 Å². The van der Waals surface area contributed by atoms with E-state index in [2.05, 4.69) is 5.32 Å². The first-order valence-electron chi connectivity index (χ1n) is 11.5. The molecule has 0 fully saturated rings. The minimum Gasteiger partial charge on any atom is -0.463 e. The van der Waals surface area contributed by atoms with Crippen molar-refractivity contribution >= 4 is 23.9 Å². The number of carbonyl (C=O) groups is 4. The predicted molar refractivity (Wildman–Crippen MR) is 127 cm³/mol. The molecule has 35 heavy (non-hydrogen) atoms. The maximum atomic E-state index is 13.3. The summed E-state index contributed by atoms with van der Waals surface area (Å²) in [5.41, 5.74) is 2.74. The molecule has 190 valence electrons. The zero-order chi connectivity index (χ0) is 26.3. The molecule has 1 heterocycles. The molecule has 1 aliphatic rings. The minimum atomic E-state index is -1.15. The fraction of sp³-hybridized carbons (Fsp3) is 0.462. The van der Waals surface area contributed by atoms with Gasteiger partial charge in [-0.1, -0.05) is 24.3 Å². The van der Waals surface area contributed by atoms with Gasteiger partial charge in [-0.2, -0.15) is 0 Å². The molecule has 1 aromatic rings. The van der Waals surface area contributed by atoms with Crippen molar-refractivity contribution in [3.63, 3.8) is 0 Å². The van der Waals surface area contributed by atoms with Crippen LogP contribution in [-0.2, 0) is 38.1 Å². The smallest absolute Gasteiger partial charge is 0.347 e. The molecule has 0 aromatic heterocycles. The number of nitrogens with one attached hydrogen (secondary N) is 1. The van der Waals surface area contributed by atoms with Gasteiger partial charge in [0.25, 0.3) is 0 Å². The summed E-state index contributed by atoms with van der Waals surface area (Å²) in [4.78, 5) is 50.8. The summed E-state index contributed by atoms with van der Waals surface area (Å²) in [5, 5.41) is 3.04. The van der Waals surface area contributed by atoms with Gasteiger partial charge >= 0.3 is 23.9 Å². The third-order valence-electron chi connectivity index (χ3n) is 5.50. The van der Waals surface area contributed by atoms with E-state index in [1.54, 1.807) is 39.8 Å². The molecule has 0 radical (unpaired) electrons. The number of dihydropyridines is 1. The Labute approximate surface area is 205 Å². The Kier molecular flexibility index (Phi) is 9.62. The van der Waals surface area contributed by atoms with Crippen LogP contribution in [0.25, 0.3) is 0 Å². The monoisotopic (exact) mass is 487 g/mol. The molecule has 0 amide bonds. The maximum Gasteiger partial charge on any atom is 0.347 e. The van der Waals surface area contributed by atoms with Gasteiger partial charge in [0.15, 0.2) is 12.2 Å². The van der Waals surface area contributed by atoms with Crippen molar-refractivity contribution in [3.8, 4) is 0 Å². The first-order valence-corrected chi connectivity index (χ1v) is 11.5. The van der Waals surface area contributed by atoms with Gasteiger partial charge in [-0.3, -0.25) is 0 Å². The second kappa shape index (κ2) is 12.2. The molecule has 0 saturated carbocycles. The summed E-state index contributed by atoms with van der Waals surface area (Å²) in [6.07, 6.45) is -2.29. The van der Waals surface area contributed by atoms with E-state index in [1.165, 1.54) is 13.8 Å². The average molecular weight is 488 g/mol. The fourth-order valence-electron chi connectivity index (χ4n) is 3.82. The Hall–Kier alpha value is -3.62. The van der Waals surface area contributed by atoms with Gasteiger partial charge in [0.05, 0.1) is 30.3 Å². The van der Waals surface area contributed by atoms with E-state index in [0.717, 1.165) is 5.56 Å². The fourth-order valence-corrected chi connectivity index (χ4v) is 3.82. The van der Waals surface area contributed by atoms with Crippen LogP contribution in [0.1, 0.15) is 58.6 Å². The van der Waals surface area contributed by atoms with Crippen LogP contribution >= 0.6 is 0 Å². The Bertz CT molecular complexity index is 995. The van der Waals surface area contributed by atoms with Crippen LogP contribution in [0.2, 0.25) is 0 Å². The standard InChI is InChI=1S/C26H33NO8/c1-8-32-23(28)17(6)34-25(30)20-15(4)27-16(5)21(22(20)19-13-11-10-12-14(19)3)26(31)35-18(7)24(29)33-9-2/h10-13,17-18,22,27H,8-9H2,1-7H3/t17-,18-/m0/s1. The van der Waals surface area contributed by atoms with Crippen molar-refractivity contribution in [1.29, 1.82) is 0 Å². The van der Waals surface area contributed by atoms with Crippen molar-refractivity contribution in [2.75, 3.05) is 13.2 Å². The Balaban J connectivity index is 2.52. The number of carbonyl (C=O) groups excluding carboxylic acids is 4. The average Bonchev–Trinajstić information content (AvgIpc) is 2.78. The van der Waals surface area contributed by atoms with Crippen LogP contribution in [0, 0.1) is 6.92 Å². The number of benzene rings is 1. The predicted octanol–water partition coefficient (Wildman–Crippen LogP) is 3.22. The summed E-state index contributed by atoms with van der Waals surface area (Å²) in [6.45, 7) is 11.7. The summed E-state index contributed by atoms with van der Waals surface area (Å²) in [7, 11) is 0. The molecular weight excluding hydrogens is 454 g/mol. The van der Waals surface area contributed by atoms with Gasteiger partial charge in [-0.25, -0.2) is 19.2 Å². The molecule has 0 aliphatic carbocycles. The molecule has 1 aromatic carbocycles. The van der Waals surface area contributed by atoms with Crippen LogP contribution in [0.3, 0.4) is 0 Å². The highest BCUT2D eigenvalue weighted by Gasteiger charge is 2.40. The van der Waals surface area contributed by atoms with Crippen molar-refractivity contribution in [2.24, 2.45) is 0 Å². The molecule has 9 heteroatoms. The quantitative estimate of drug-likeness (QED) is 0.414. The number of hydrogen-bond acceptors (Lipinski definition) is 9.